The zero-order valence-electron chi connectivity index (χ0n) is 15.3. The fraction of sp³-hybridized carbons (Fsp3) is 0.650. The number of methoxy groups -OCH3 is 1. The van der Waals surface area contributed by atoms with E-state index >= 15 is 0 Å². The molecule has 4 heteroatoms. The largest absolute Gasteiger partial charge is 0.382 e. The van der Waals surface area contributed by atoms with Gasteiger partial charge in [0.2, 0.25) is 5.91 Å². The van der Waals surface area contributed by atoms with Gasteiger partial charge in [-0.15, -0.1) is 0 Å². The van der Waals surface area contributed by atoms with Gasteiger partial charge in [0, 0.05) is 26.8 Å². The van der Waals surface area contributed by atoms with Crippen LogP contribution in [0.2, 0.25) is 0 Å². The zero-order chi connectivity index (χ0) is 17.4. The molecule has 0 aliphatic carbocycles. The van der Waals surface area contributed by atoms with Crippen LogP contribution in [0.5, 0.6) is 0 Å². The predicted molar refractivity (Wildman–Crippen MR) is 96.2 cm³/mol. The van der Waals surface area contributed by atoms with Crippen molar-refractivity contribution in [1.29, 1.82) is 0 Å². The Labute approximate surface area is 146 Å². The number of piperidine rings is 1. The van der Waals surface area contributed by atoms with E-state index in [2.05, 4.69) is 38.1 Å². The normalized spacial score (nSPS) is 15.9. The van der Waals surface area contributed by atoms with Crippen LogP contribution in [0.15, 0.2) is 24.3 Å². The lowest BCUT2D eigenvalue weighted by atomic mass is 9.97. The van der Waals surface area contributed by atoms with Gasteiger partial charge in [-0.2, -0.15) is 0 Å². The van der Waals surface area contributed by atoms with E-state index in [9.17, 15) is 4.79 Å². The Balaban J connectivity index is 1.72. The molecule has 0 N–H and O–H groups in total. The highest BCUT2D eigenvalue weighted by Crippen LogP contribution is 2.19. The number of carbonyl (C=O) groups excluding carboxylic acids is 1. The van der Waals surface area contributed by atoms with Crippen molar-refractivity contribution in [1.82, 2.24) is 4.90 Å². The molecule has 0 spiro atoms. The maximum atomic E-state index is 12.5. The summed E-state index contributed by atoms with van der Waals surface area (Å²) in [7, 11) is 1.68. The van der Waals surface area contributed by atoms with Crippen molar-refractivity contribution in [2.75, 3.05) is 40.0 Å². The standard InChI is InChI=1S/C20H31NO3/c1-16(2)19-6-4-17(5-7-19)14-20(22)21-10-8-18(9-11-21)15-24-13-12-23-3/h4-7,16,18H,8-15H2,1-3H3. The lowest BCUT2D eigenvalue weighted by Crippen LogP contribution is -2.40. The van der Waals surface area contributed by atoms with Crippen molar-refractivity contribution in [3.8, 4) is 0 Å². The molecule has 4 nitrogen and oxygen atoms in total. The van der Waals surface area contributed by atoms with E-state index in [0.29, 0.717) is 31.5 Å². The number of hydrogen-bond acceptors (Lipinski definition) is 3. The highest BCUT2D eigenvalue weighted by Gasteiger charge is 2.22. The molecule has 1 aromatic carbocycles. The number of likely N-dealkylation sites (tertiary alicyclic amines) is 1. The summed E-state index contributed by atoms with van der Waals surface area (Å²) in [6.07, 6.45) is 2.57. The number of amides is 1. The van der Waals surface area contributed by atoms with E-state index in [1.807, 2.05) is 4.90 Å². The minimum atomic E-state index is 0.242. The molecule has 1 aliphatic rings. The molecule has 1 fully saturated rings. The second-order valence-corrected chi connectivity index (χ2v) is 6.96. The molecule has 1 aromatic rings. The van der Waals surface area contributed by atoms with E-state index in [4.69, 9.17) is 9.47 Å². The Morgan fingerprint density at radius 1 is 1.17 bits per heavy atom. The van der Waals surface area contributed by atoms with Gasteiger partial charge in [0.05, 0.1) is 19.6 Å². The maximum absolute atomic E-state index is 12.5. The summed E-state index contributed by atoms with van der Waals surface area (Å²) in [6, 6.07) is 8.45. The van der Waals surface area contributed by atoms with Gasteiger partial charge in [-0.3, -0.25) is 4.79 Å². The lowest BCUT2D eigenvalue weighted by Gasteiger charge is -2.32. The van der Waals surface area contributed by atoms with Gasteiger partial charge in [0.25, 0.3) is 0 Å². The predicted octanol–water partition coefficient (Wildman–Crippen LogP) is 3.25. The van der Waals surface area contributed by atoms with Gasteiger partial charge in [0.15, 0.2) is 0 Å². The van der Waals surface area contributed by atoms with Crippen LogP contribution < -0.4 is 0 Å². The number of ether oxygens (including phenoxy) is 2. The summed E-state index contributed by atoms with van der Waals surface area (Å²) in [5, 5.41) is 0. The summed E-state index contributed by atoms with van der Waals surface area (Å²) in [5.74, 6) is 1.34. The number of nitrogens with zero attached hydrogens (tertiary/aromatic N) is 1. The quantitative estimate of drug-likeness (QED) is 0.686. The van der Waals surface area contributed by atoms with Gasteiger partial charge in [-0.25, -0.2) is 0 Å². The first kappa shape index (κ1) is 18.9. The zero-order valence-corrected chi connectivity index (χ0v) is 15.3. The molecule has 1 amide bonds. The smallest absolute Gasteiger partial charge is 0.226 e. The highest BCUT2D eigenvalue weighted by atomic mass is 16.5. The molecule has 0 bridgehead atoms. The van der Waals surface area contributed by atoms with E-state index in [0.717, 1.165) is 38.1 Å². The SMILES string of the molecule is COCCOCC1CCN(C(=O)Cc2ccc(C(C)C)cc2)CC1. The molecule has 0 unspecified atom stereocenters. The Bertz CT molecular complexity index is 490. The Morgan fingerprint density at radius 2 is 1.83 bits per heavy atom. The van der Waals surface area contributed by atoms with Gasteiger partial charge in [-0.1, -0.05) is 38.1 Å². The van der Waals surface area contributed by atoms with Crippen molar-refractivity contribution >= 4 is 5.91 Å². The summed E-state index contributed by atoms with van der Waals surface area (Å²) < 4.78 is 10.6. The van der Waals surface area contributed by atoms with Gasteiger partial charge in [-0.05, 0) is 35.8 Å². The first-order chi connectivity index (χ1) is 11.6. The minimum absolute atomic E-state index is 0.242. The molecule has 0 atom stereocenters. The van der Waals surface area contributed by atoms with Crippen LogP contribution in [-0.2, 0) is 20.7 Å². The average Bonchev–Trinajstić information content (AvgIpc) is 2.59. The topological polar surface area (TPSA) is 38.8 Å². The molecule has 0 saturated carbocycles. The van der Waals surface area contributed by atoms with Crippen LogP contribution in [0.1, 0.15) is 43.7 Å². The van der Waals surface area contributed by atoms with E-state index < -0.39 is 0 Å². The summed E-state index contributed by atoms with van der Waals surface area (Å²) in [6.45, 7) is 8.14. The van der Waals surface area contributed by atoms with E-state index in [-0.39, 0.29) is 5.91 Å². The van der Waals surface area contributed by atoms with Crippen molar-refractivity contribution in [3.05, 3.63) is 35.4 Å². The average molecular weight is 333 g/mol. The van der Waals surface area contributed by atoms with Crippen LogP contribution in [0, 0.1) is 5.92 Å². The molecule has 2 rings (SSSR count). The van der Waals surface area contributed by atoms with E-state index in [1.165, 1.54) is 5.56 Å². The highest BCUT2D eigenvalue weighted by molar-refractivity contribution is 5.78. The third kappa shape index (κ3) is 5.91. The molecule has 1 aliphatic heterocycles. The number of benzene rings is 1. The molecular formula is C20H31NO3. The van der Waals surface area contributed by atoms with Crippen molar-refractivity contribution in [3.63, 3.8) is 0 Å². The lowest BCUT2D eigenvalue weighted by molar-refractivity contribution is -0.132. The van der Waals surface area contributed by atoms with E-state index in [1.54, 1.807) is 7.11 Å². The molecule has 1 heterocycles. The third-order valence-corrected chi connectivity index (χ3v) is 4.75. The van der Waals surface area contributed by atoms with Crippen LogP contribution in [0.4, 0.5) is 0 Å². The first-order valence-corrected chi connectivity index (χ1v) is 9.03. The van der Waals surface area contributed by atoms with Crippen molar-refractivity contribution in [2.45, 2.75) is 39.0 Å². The second kappa shape index (κ2) is 9.80. The third-order valence-electron chi connectivity index (χ3n) is 4.75. The summed E-state index contributed by atoms with van der Waals surface area (Å²) in [5.41, 5.74) is 2.43. The Morgan fingerprint density at radius 3 is 2.42 bits per heavy atom. The van der Waals surface area contributed by atoms with Crippen LogP contribution in [0.3, 0.4) is 0 Å². The molecule has 1 saturated heterocycles. The van der Waals surface area contributed by atoms with Crippen molar-refractivity contribution in [2.24, 2.45) is 5.92 Å². The Hall–Kier alpha value is -1.39. The van der Waals surface area contributed by atoms with Gasteiger partial charge < -0.3 is 14.4 Å². The van der Waals surface area contributed by atoms with Crippen molar-refractivity contribution < 1.29 is 14.3 Å². The summed E-state index contributed by atoms with van der Waals surface area (Å²) >= 11 is 0. The molecule has 0 aromatic heterocycles. The molecule has 0 radical (unpaired) electrons. The van der Waals surface area contributed by atoms with Gasteiger partial charge >= 0.3 is 0 Å². The molecule has 24 heavy (non-hydrogen) atoms. The fourth-order valence-electron chi connectivity index (χ4n) is 3.05. The summed E-state index contributed by atoms with van der Waals surface area (Å²) in [4.78, 5) is 14.5. The Kier molecular flexibility index (Phi) is 7.73. The minimum Gasteiger partial charge on any atom is -0.382 e. The van der Waals surface area contributed by atoms with Crippen LogP contribution in [0.25, 0.3) is 0 Å². The van der Waals surface area contributed by atoms with Gasteiger partial charge in [0.1, 0.15) is 0 Å². The monoisotopic (exact) mass is 333 g/mol. The fourth-order valence-corrected chi connectivity index (χ4v) is 3.05. The maximum Gasteiger partial charge on any atom is 0.226 e. The molecule has 134 valence electrons. The second-order valence-electron chi connectivity index (χ2n) is 6.96. The van der Waals surface area contributed by atoms with Crippen LogP contribution in [-0.4, -0.2) is 50.8 Å². The number of carbonyl (C=O) groups is 1. The number of hydrogen-bond donors (Lipinski definition) is 0. The first-order valence-electron chi connectivity index (χ1n) is 9.03. The molecular weight excluding hydrogens is 302 g/mol. The number of rotatable bonds is 8. The van der Waals surface area contributed by atoms with Crippen LogP contribution >= 0.6 is 0 Å².